The van der Waals surface area contributed by atoms with Gasteiger partial charge in [-0.2, -0.15) is 0 Å². The topological polar surface area (TPSA) is 61.8 Å². The molecule has 2 atom stereocenters. The fourth-order valence-electron chi connectivity index (χ4n) is 3.00. The van der Waals surface area contributed by atoms with E-state index in [2.05, 4.69) is 0 Å². The molecule has 0 heterocycles. The van der Waals surface area contributed by atoms with E-state index in [0.29, 0.717) is 26.1 Å². The molecule has 5 heteroatoms. The zero-order valence-corrected chi connectivity index (χ0v) is 17.2. The van der Waals surface area contributed by atoms with Gasteiger partial charge in [0.2, 0.25) is 0 Å². The van der Waals surface area contributed by atoms with E-state index in [1.54, 1.807) is 0 Å². The fraction of sp³-hybridized carbons (Fsp3) is 0.417. The molecule has 0 aliphatic rings. The van der Waals surface area contributed by atoms with Crippen molar-refractivity contribution in [3.8, 4) is 0 Å². The van der Waals surface area contributed by atoms with Gasteiger partial charge in [-0.25, -0.2) is 0 Å². The first-order valence-corrected chi connectivity index (χ1v) is 10.1. The van der Waals surface area contributed by atoms with E-state index in [9.17, 15) is 9.59 Å². The zero-order valence-electron chi connectivity index (χ0n) is 17.2. The summed E-state index contributed by atoms with van der Waals surface area (Å²) in [7, 11) is 0. The van der Waals surface area contributed by atoms with E-state index in [0.717, 1.165) is 11.1 Å². The minimum Gasteiger partial charge on any atom is -0.352 e. The number of hydrogen-bond acceptors (Lipinski definition) is 5. The van der Waals surface area contributed by atoms with Crippen molar-refractivity contribution < 1.29 is 23.8 Å². The first-order valence-electron chi connectivity index (χ1n) is 10.1. The molecule has 0 saturated carbocycles. The first-order chi connectivity index (χ1) is 14.1. The molecule has 0 spiro atoms. The number of benzene rings is 2. The lowest BCUT2D eigenvalue weighted by Gasteiger charge is -2.24. The minimum atomic E-state index is -0.739. The molecule has 2 unspecified atom stereocenters. The molecule has 0 amide bonds. The van der Waals surface area contributed by atoms with Crippen LogP contribution in [0.4, 0.5) is 0 Å². The van der Waals surface area contributed by atoms with Crippen LogP contribution in [0.5, 0.6) is 0 Å². The van der Waals surface area contributed by atoms with Crippen molar-refractivity contribution in [2.75, 3.05) is 13.2 Å². The molecule has 0 saturated heterocycles. The van der Waals surface area contributed by atoms with Crippen molar-refractivity contribution in [1.82, 2.24) is 0 Å². The SMILES string of the molecule is CCOC(CC(=O)Cc1ccccc1)OC(CC(=O)Cc1ccccc1)OCC. The number of ether oxygens (including phenoxy) is 3. The number of carbonyl (C=O) groups is 2. The maximum Gasteiger partial charge on any atom is 0.167 e. The van der Waals surface area contributed by atoms with Gasteiger partial charge in [-0.05, 0) is 25.0 Å². The highest BCUT2D eigenvalue weighted by atomic mass is 16.8. The van der Waals surface area contributed by atoms with Crippen LogP contribution < -0.4 is 0 Å². The van der Waals surface area contributed by atoms with Gasteiger partial charge in [0.25, 0.3) is 0 Å². The molecule has 0 radical (unpaired) electrons. The molecular weight excluding hydrogens is 368 g/mol. The van der Waals surface area contributed by atoms with Crippen molar-refractivity contribution in [3.05, 3.63) is 71.8 Å². The second-order valence-electron chi connectivity index (χ2n) is 6.72. The summed E-state index contributed by atoms with van der Waals surface area (Å²) in [6.07, 6.45) is -0.618. The highest BCUT2D eigenvalue weighted by molar-refractivity contribution is 5.81. The maximum atomic E-state index is 12.4. The third-order valence-corrected chi connectivity index (χ3v) is 4.29. The second-order valence-corrected chi connectivity index (χ2v) is 6.72. The van der Waals surface area contributed by atoms with Gasteiger partial charge in [0, 0.05) is 26.1 Å². The lowest BCUT2D eigenvalue weighted by atomic mass is 10.1. The predicted octanol–water partition coefficient (Wildman–Crippen LogP) is 4.13. The summed E-state index contributed by atoms with van der Waals surface area (Å²) in [5, 5.41) is 0. The second kappa shape index (κ2) is 13.0. The highest BCUT2D eigenvalue weighted by Crippen LogP contribution is 2.14. The predicted molar refractivity (Wildman–Crippen MR) is 111 cm³/mol. The van der Waals surface area contributed by atoms with Crippen LogP contribution in [0.2, 0.25) is 0 Å². The van der Waals surface area contributed by atoms with E-state index in [4.69, 9.17) is 14.2 Å². The zero-order chi connectivity index (χ0) is 20.9. The van der Waals surface area contributed by atoms with Crippen LogP contribution >= 0.6 is 0 Å². The Bertz CT molecular complexity index is 666. The van der Waals surface area contributed by atoms with Crippen LogP contribution in [0.25, 0.3) is 0 Å². The van der Waals surface area contributed by atoms with E-state index in [1.165, 1.54) is 0 Å². The van der Waals surface area contributed by atoms with Crippen LogP contribution in [0.15, 0.2) is 60.7 Å². The van der Waals surface area contributed by atoms with Gasteiger partial charge in [0.05, 0.1) is 12.8 Å². The molecule has 156 valence electrons. The Morgan fingerprint density at radius 2 is 1.07 bits per heavy atom. The van der Waals surface area contributed by atoms with E-state index >= 15 is 0 Å². The van der Waals surface area contributed by atoms with Crippen LogP contribution in [0, 0.1) is 0 Å². The van der Waals surface area contributed by atoms with Crippen molar-refractivity contribution >= 4 is 11.6 Å². The van der Waals surface area contributed by atoms with E-state index < -0.39 is 12.6 Å². The summed E-state index contributed by atoms with van der Waals surface area (Å²) in [4.78, 5) is 24.9. The van der Waals surface area contributed by atoms with Gasteiger partial charge >= 0.3 is 0 Å². The molecule has 0 bridgehead atoms. The Kier molecular flexibility index (Phi) is 10.3. The third kappa shape index (κ3) is 9.13. The fourth-order valence-corrected chi connectivity index (χ4v) is 3.00. The number of ketones is 2. The average molecular weight is 398 g/mol. The molecule has 29 heavy (non-hydrogen) atoms. The van der Waals surface area contributed by atoms with E-state index in [1.807, 2.05) is 74.5 Å². The molecule has 0 aromatic heterocycles. The lowest BCUT2D eigenvalue weighted by Crippen LogP contribution is -2.31. The molecular formula is C24H30O5. The molecule has 2 aromatic carbocycles. The number of hydrogen-bond donors (Lipinski definition) is 0. The number of Topliss-reactive ketones (excluding diaryl/α,β-unsaturated/α-hetero) is 2. The van der Waals surface area contributed by atoms with Crippen LogP contribution in [-0.2, 0) is 36.6 Å². The smallest absolute Gasteiger partial charge is 0.167 e. The molecule has 0 aliphatic carbocycles. The van der Waals surface area contributed by atoms with Crippen molar-refractivity contribution in [1.29, 1.82) is 0 Å². The van der Waals surface area contributed by atoms with Gasteiger partial charge in [-0.1, -0.05) is 60.7 Å². The lowest BCUT2D eigenvalue weighted by molar-refractivity contribution is -0.243. The van der Waals surface area contributed by atoms with Crippen LogP contribution in [0.3, 0.4) is 0 Å². The number of carbonyl (C=O) groups excluding carboxylic acids is 2. The third-order valence-electron chi connectivity index (χ3n) is 4.29. The molecule has 2 aromatic rings. The van der Waals surface area contributed by atoms with Gasteiger partial charge in [-0.15, -0.1) is 0 Å². The average Bonchev–Trinajstić information content (AvgIpc) is 2.69. The summed E-state index contributed by atoms with van der Waals surface area (Å²) < 4.78 is 17.0. The van der Waals surface area contributed by atoms with Crippen LogP contribution in [-0.4, -0.2) is 37.4 Å². The minimum absolute atomic E-state index is 0.0144. The summed E-state index contributed by atoms with van der Waals surface area (Å²) in [5.41, 5.74) is 1.90. The Morgan fingerprint density at radius 3 is 1.41 bits per heavy atom. The van der Waals surface area contributed by atoms with Gasteiger partial charge in [0.1, 0.15) is 11.6 Å². The van der Waals surface area contributed by atoms with E-state index in [-0.39, 0.29) is 24.4 Å². The largest absolute Gasteiger partial charge is 0.352 e. The quantitative estimate of drug-likeness (QED) is 0.448. The summed E-state index contributed by atoms with van der Waals surface area (Å²) in [6.45, 7) is 4.49. The van der Waals surface area contributed by atoms with Gasteiger partial charge in [0.15, 0.2) is 12.6 Å². The van der Waals surface area contributed by atoms with Crippen molar-refractivity contribution in [2.45, 2.75) is 52.1 Å². The van der Waals surface area contributed by atoms with Gasteiger partial charge in [-0.3, -0.25) is 9.59 Å². The highest BCUT2D eigenvalue weighted by Gasteiger charge is 2.23. The first kappa shape index (κ1) is 22.9. The van der Waals surface area contributed by atoms with Crippen molar-refractivity contribution in [2.24, 2.45) is 0 Å². The Morgan fingerprint density at radius 1 is 0.690 bits per heavy atom. The summed E-state index contributed by atoms with van der Waals surface area (Å²) >= 11 is 0. The molecule has 5 nitrogen and oxygen atoms in total. The molecule has 0 N–H and O–H groups in total. The summed E-state index contributed by atoms with van der Waals surface area (Å²) in [5.74, 6) is 0.0287. The molecule has 0 fully saturated rings. The Hall–Kier alpha value is -2.34. The molecule has 2 rings (SSSR count). The normalized spacial score (nSPS) is 13.0. The monoisotopic (exact) mass is 398 g/mol. The van der Waals surface area contributed by atoms with Gasteiger partial charge < -0.3 is 14.2 Å². The molecule has 0 aliphatic heterocycles. The number of rotatable bonds is 14. The standard InChI is InChI=1S/C24H30O5/c1-3-27-23(17-21(25)15-19-11-7-5-8-12-19)29-24(28-4-2)18-22(26)16-20-13-9-6-10-14-20/h5-14,23-24H,3-4,15-18H2,1-2H3. The van der Waals surface area contributed by atoms with Crippen LogP contribution in [0.1, 0.15) is 37.8 Å². The Labute approximate surface area is 173 Å². The maximum absolute atomic E-state index is 12.4. The Balaban J connectivity index is 1.91. The van der Waals surface area contributed by atoms with Crippen molar-refractivity contribution in [3.63, 3.8) is 0 Å². The summed E-state index contributed by atoms with van der Waals surface area (Å²) in [6, 6.07) is 19.1.